The van der Waals surface area contributed by atoms with Crippen LogP contribution in [0.5, 0.6) is 0 Å². The Kier molecular flexibility index (Phi) is 4.49. The number of aliphatic imine (C=N–C) groups is 1. The summed E-state index contributed by atoms with van der Waals surface area (Å²) in [6.45, 7) is 4.77. The van der Waals surface area contributed by atoms with Gasteiger partial charge in [-0.05, 0) is 43.1 Å². The zero-order chi connectivity index (χ0) is 16.5. The SMILES string of the molecule is CN=C(NC1CN(C2CC2)CC1C)NC1CC1Cc1ccccc1. The molecule has 4 heteroatoms. The van der Waals surface area contributed by atoms with Crippen molar-refractivity contribution < 1.29 is 0 Å². The van der Waals surface area contributed by atoms with E-state index in [9.17, 15) is 0 Å². The highest BCUT2D eigenvalue weighted by molar-refractivity contribution is 5.80. The summed E-state index contributed by atoms with van der Waals surface area (Å²) in [7, 11) is 1.89. The maximum Gasteiger partial charge on any atom is 0.191 e. The molecule has 3 fully saturated rings. The molecule has 4 nitrogen and oxygen atoms in total. The minimum absolute atomic E-state index is 0.531. The Labute approximate surface area is 145 Å². The molecule has 1 aliphatic heterocycles. The van der Waals surface area contributed by atoms with Crippen LogP contribution in [0, 0.1) is 11.8 Å². The normalized spacial score (nSPS) is 33.5. The minimum Gasteiger partial charge on any atom is -0.353 e. The molecule has 1 aromatic carbocycles. The Hall–Kier alpha value is -1.55. The molecule has 0 amide bonds. The van der Waals surface area contributed by atoms with Gasteiger partial charge in [0.2, 0.25) is 0 Å². The molecule has 4 unspecified atom stereocenters. The molecule has 1 saturated heterocycles. The summed E-state index contributed by atoms with van der Waals surface area (Å²) >= 11 is 0. The molecule has 0 spiro atoms. The maximum atomic E-state index is 4.47. The molecule has 3 aliphatic rings. The first-order chi connectivity index (χ1) is 11.7. The second kappa shape index (κ2) is 6.75. The van der Waals surface area contributed by atoms with Crippen molar-refractivity contribution in [2.24, 2.45) is 16.8 Å². The van der Waals surface area contributed by atoms with Crippen LogP contribution in [-0.4, -0.2) is 49.1 Å². The first-order valence-electron chi connectivity index (χ1n) is 9.50. The zero-order valence-corrected chi connectivity index (χ0v) is 14.9. The van der Waals surface area contributed by atoms with E-state index in [2.05, 4.69) is 57.8 Å². The van der Waals surface area contributed by atoms with Crippen LogP contribution in [0.2, 0.25) is 0 Å². The van der Waals surface area contributed by atoms with Crippen molar-refractivity contribution in [2.75, 3.05) is 20.1 Å². The van der Waals surface area contributed by atoms with E-state index in [1.807, 2.05) is 7.05 Å². The minimum atomic E-state index is 0.531. The monoisotopic (exact) mass is 326 g/mol. The fourth-order valence-corrected chi connectivity index (χ4v) is 4.02. The largest absolute Gasteiger partial charge is 0.353 e. The number of nitrogens with one attached hydrogen (secondary N) is 2. The molecular formula is C20H30N4. The third-order valence-electron chi connectivity index (χ3n) is 5.83. The Balaban J connectivity index is 1.25. The van der Waals surface area contributed by atoms with Gasteiger partial charge < -0.3 is 10.6 Å². The molecule has 0 bridgehead atoms. The van der Waals surface area contributed by atoms with Crippen LogP contribution in [0.1, 0.15) is 31.7 Å². The topological polar surface area (TPSA) is 39.7 Å². The van der Waals surface area contributed by atoms with Crippen molar-refractivity contribution in [3.8, 4) is 0 Å². The van der Waals surface area contributed by atoms with Crippen LogP contribution in [-0.2, 0) is 6.42 Å². The summed E-state index contributed by atoms with van der Waals surface area (Å²) in [6, 6.07) is 12.8. The lowest BCUT2D eigenvalue weighted by Gasteiger charge is -2.20. The van der Waals surface area contributed by atoms with E-state index in [0.29, 0.717) is 18.0 Å². The summed E-state index contributed by atoms with van der Waals surface area (Å²) in [5.41, 5.74) is 1.44. The quantitative estimate of drug-likeness (QED) is 0.644. The number of hydrogen-bond donors (Lipinski definition) is 2. The molecule has 2 N–H and O–H groups in total. The summed E-state index contributed by atoms with van der Waals surface area (Å²) in [6.07, 6.45) is 5.22. The van der Waals surface area contributed by atoms with Crippen molar-refractivity contribution in [2.45, 2.75) is 50.7 Å². The van der Waals surface area contributed by atoms with E-state index in [4.69, 9.17) is 0 Å². The van der Waals surface area contributed by atoms with E-state index >= 15 is 0 Å². The van der Waals surface area contributed by atoms with Gasteiger partial charge in [0.15, 0.2) is 5.96 Å². The molecule has 4 rings (SSSR count). The number of guanidine groups is 1. The van der Waals surface area contributed by atoms with Crippen LogP contribution in [0.4, 0.5) is 0 Å². The van der Waals surface area contributed by atoms with Gasteiger partial charge in [-0.15, -0.1) is 0 Å². The smallest absolute Gasteiger partial charge is 0.191 e. The Bertz CT molecular complexity index is 581. The van der Waals surface area contributed by atoms with Crippen molar-refractivity contribution in [3.05, 3.63) is 35.9 Å². The van der Waals surface area contributed by atoms with Gasteiger partial charge in [-0.3, -0.25) is 9.89 Å². The van der Waals surface area contributed by atoms with Crippen molar-refractivity contribution >= 4 is 5.96 Å². The third-order valence-corrected chi connectivity index (χ3v) is 5.83. The highest BCUT2D eigenvalue weighted by Gasteiger charge is 2.40. The number of benzene rings is 1. The molecule has 2 aliphatic carbocycles. The van der Waals surface area contributed by atoms with Crippen LogP contribution in [0.25, 0.3) is 0 Å². The number of rotatable bonds is 5. The lowest BCUT2D eigenvalue weighted by atomic mass is 10.1. The second-order valence-corrected chi connectivity index (χ2v) is 7.92. The lowest BCUT2D eigenvalue weighted by molar-refractivity contribution is 0.315. The predicted molar refractivity (Wildman–Crippen MR) is 99.2 cm³/mol. The summed E-state index contributed by atoms with van der Waals surface area (Å²) < 4.78 is 0. The van der Waals surface area contributed by atoms with Gasteiger partial charge in [-0.2, -0.15) is 0 Å². The molecular weight excluding hydrogens is 296 g/mol. The van der Waals surface area contributed by atoms with Gasteiger partial charge in [0.25, 0.3) is 0 Å². The van der Waals surface area contributed by atoms with Crippen LogP contribution < -0.4 is 10.6 Å². The van der Waals surface area contributed by atoms with Crippen LogP contribution >= 0.6 is 0 Å². The number of nitrogens with zero attached hydrogens (tertiary/aromatic N) is 2. The maximum absolute atomic E-state index is 4.47. The Morgan fingerprint density at radius 2 is 1.88 bits per heavy atom. The number of likely N-dealkylation sites (tertiary alicyclic amines) is 1. The van der Waals surface area contributed by atoms with Gasteiger partial charge in [-0.1, -0.05) is 37.3 Å². The average molecular weight is 326 g/mol. The molecule has 1 heterocycles. The van der Waals surface area contributed by atoms with Crippen molar-refractivity contribution in [3.63, 3.8) is 0 Å². The Morgan fingerprint density at radius 3 is 2.58 bits per heavy atom. The molecule has 24 heavy (non-hydrogen) atoms. The second-order valence-electron chi connectivity index (χ2n) is 7.92. The molecule has 4 atom stereocenters. The number of hydrogen-bond acceptors (Lipinski definition) is 2. The molecule has 2 saturated carbocycles. The first-order valence-corrected chi connectivity index (χ1v) is 9.50. The molecule has 0 radical (unpaired) electrons. The standard InChI is InChI=1S/C20H30N4/c1-14-12-24(17-8-9-17)13-19(14)23-20(21-2)22-18-11-16(18)10-15-6-4-3-5-7-15/h3-7,14,16-19H,8-13H2,1-2H3,(H2,21,22,23). The van der Waals surface area contributed by atoms with Gasteiger partial charge in [-0.25, -0.2) is 0 Å². The zero-order valence-electron chi connectivity index (χ0n) is 14.9. The van der Waals surface area contributed by atoms with Crippen molar-refractivity contribution in [1.29, 1.82) is 0 Å². The fourth-order valence-electron chi connectivity index (χ4n) is 4.02. The highest BCUT2D eigenvalue weighted by Crippen LogP contribution is 2.34. The van der Waals surface area contributed by atoms with E-state index in [0.717, 1.165) is 17.9 Å². The van der Waals surface area contributed by atoms with Gasteiger partial charge in [0.1, 0.15) is 0 Å². The molecule has 130 valence electrons. The van der Waals surface area contributed by atoms with Gasteiger partial charge in [0.05, 0.1) is 0 Å². The third kappa shape index (κ3) is 3.75. The summed E-state index contributed by atoms with van der Waals surface area (Å²) in [4.78, 5) is 7.13. The molecule has 0 aromatic heterocycles. The molecule has 1 aromatic rings. The van der Waals surface area contributed by atoms with Gasteiger partial charge in [0, 0.05) is 38.3 Å². The predicted octanol–water partition coefficient (Wildman–Crippen LogP) is 2.27. The average Bonchev–Trinajstić information content (AvgIpc) is 3.50. The van der Waals surface area contributed by atoms with Gasteiger partial charge >= 0.3 is 0 Å². The van der Waals surface area contributed by atoms with E-state index in [-0.39, 0.29) is 0 Å². The first kappa shape index (κ1) is 15.9. The van der Waals surface area contributed by atoms with Crippen LogP contribution in [0.15, 0.2) is 35.3 Å². The van der Waals surface area contributed by atoms with E-state index in [1.165, 1.54) is 44.3 Å². The van der Waals surface area contributed by atoms with E-state index < -0.39 is 0 Å². The summed E-state index contributed by atoms with van der Waals surface area (Å²) in [5.74, 6) is 2.43. The fraction of sp³-hybridized carbons (Fsp3) is 0.650. The van der Waals surface area contributed by atoms with Crippen LogP contribution in [0.3, 0.4) is 0 Å². The van der Waals surface area contributed by atoms with E-state index in [1.54, 1.807) is 0 Å². The Morgan fingerprint density at radius 1 is 1.12 bits per heavy atom. The van der Waals surface area contributed by atoms with Crippen molar-refractivity contribution in [1.82, 2.24) is 15.5 Å². The lowest BCUT2D eigenvalue weighted by Crippen LogP contribution is -2.47. The summed E-state index contributed by atoms with van der Waals surface area (Å²) in [5, 5.41) is 7.32. The highest BCUT2D eigenvalue weighted by atomic mass is 15.3.